The van der Waals surface area contributed by atoms with E-state index < -0.39 is 18.3 Å². The molecule has 1 aromatic heterocycles. The lowest BCUT2D eigenvalue weighted by atomic mass is 10.1. The van der Waals surface area contributed by atoms with Crippen molar-refractivity contribution in [3.8, 4) is 0 Å². The smallest absolute Gasteiger partial charge is 0.358 e. The fraction of sp³-hybridized carbons (Fsp3) is 0.500. The second-order valence-corrected chi connectivity index (χ2v) is 3.59. The number of carboxylic acid groups (broad SMARTS) is 1. The van der Waals surface area contributed by atoms with Gasteiger partial charge in [-0.15, -0.1) is 5.10 Å². The van der Waals surface area contributed by atoms with Crippen molar-refractivity contribution in [2.45, 2.75) is 12.5 Å². The van der Waals surface area contributed by atoms with Crippen LogP contribution >= 0.6 is 0 Å². The Hall–Kier alpha value is -2.06. The molecule has 1 amide bonds. The monoisotopic (exact) mass is 246 g/mol. The number of carbonyl (C=O) groups excluding carboxylic acids is 1. The number of hydrogen-bond acceptors (Lipinski definition) is 4. The molecule has 0 atom stereocenters. The Morgan fingerprint density at radius 2 is 2.12 bits per heavy atom. The molecule has 92 valence electrons. The van der Waals surface area contributed by atoms with Crippen LogP contribution < -0.4 is 0 Å². The molecule has 1 saturated heterocycles. The highest BCUT2D eigenvalue weighted by molar-refractivity contribution is 5.84. The van der Waals surface area contributed by atoms with E-state index in [1.807, 2.05) is 0 Å². The van der Waals surface area contributed by atoms with E-state index >= 15 is 0 Å². The Labute approximate surface area is 93.6 Å². The third-order valence-corrected chi connectivity index (χ3v) is 2.46. The van der Waals surface area contributed by atoms with Crippen LogP contribution in [0.5, 0.6) is 0 Å². The van der Waals surface area contributed by atoms with Gasteiger partial charge in [0.2, 0.25) is 0 Å². The zero-order chi connectivity index (χ0) is 12.6. The molecule has 0 bridgehead atoms. The van der Waals surface area contributed by atoms with E-state index in [4.69, 9.17) is 5.11 Å². The Morgan fingerprint density at radius 3 is 2.59 bits per heavy atom. The zero-order valence-electron chi connectivity index (χ0n) is 8.45. The van der Waals surface area contributed by atoms with Crippen molar-refractivity contribution in [1.82, 2.24) is 19.9 Å². The molecule has 1 fully saturated rings. The van der Waals surface area contributed by atoms with Gasteiger partial charge < -0.3 is 10.0 Å². The summed E-state index contributed by atoms with van der Waals surface area (Å²) >= 11 is 0. The molecule has 1 N–H and O–H groups in total. The summed E-state index contributed by atoms with van der Waals surface area (Å²) in [7, 11) is 0. The highest BCUT2D eigenvalue weighted by Gasteiger charge is 2.36. The number of carbonyl (C=O) groups is 2. The van der Waals surface area contributed by atoms with Crippen LogP contribution in [0.3, 0.4) is 0 Å². The summed E-state index contributed by atoms with van der Waals surface area (Å²) in [4.78, 5) is 22.4. The maximum atomic E-state index is 12.0. The van der Waals surface area contributed by atoms with Gasteiger partial charge in [0.15, 0.2) is 5.69 Å². The molecule has 0 saturated carbocycles. The minimum atomic E-state index is -3.01. The lowest BCUT2D eigenvalue weighted by molar-refractivity contribution is -0.149. The van der Waals surface area contributed by atoms with Crippen molar-refractivity contribution in [1.29, 1.82) is 0 Å². The number of alkyl halides is 2. The SMILES string of the molecule is O=C(O)c1cn(C2CN(C(=O)C(F)F)C2)nn1. The van der Waals surface area contributed by atoms with Gasteiger partial charge in [-0.1, -0.05) is 5.21 Å². The summed E-state index contributed by atoms with van der Waals surface area (Å²) in [5.74, 6) is -2.43. The molecular weight excluding hydrogens is 238 g/mol. The Balaban J connectivity index is 1.95. The summed E-state index contributed by atoms with van der Waals surface area (Å²) in [6.07, 6.45) is -1.81. The van der Waals surface area contributed by atoms with Crippen LogP contribution in [-0.4, -0.2) is 56.4 Å². The number of carboxylic acids is 1. The van der Waals surface area contributed by atoms with E-state index in [1.165, 1.54) is 10.9 Å². The second-order valence-electron chi connectivity index (χ2n) is 3.59. The first kappa shape index (κ1) is 11.4. The first-order chi connectivity index (χ1) is 7.99. The molecule has 2 rings (SSSR count). The van der Waals surface area contributed by atoms with Gasteiger partial charge >= 0.3 is 12.4 Å². The topological polar surface area (TPSA) is 88.3 Å². The average Bonchev–Trinajstić information content (AvgIpc) is 2.64. The van der Waals surface area contributed by atoms with Crippen LogP contribution in [0.15, 0.2) is 6.20 Å². The van der Waals surface area contributed by atoms with Crippen molar-refractivity contribution in [2.24, 2.45) is 0 Å². The van der Waals surface area contributed by atoms with Crippen LogP contribution in [0.25, 0.3) is 0 Å². The normalized spacial score (nSPS) is 16.1. The lowest BCUT2D eigenvalue weighted by Crippen LogP contribution is -2.52. The van der Waals surface area contributed by atoms with E-state index in [1.54, 1.807) is 0 Å². The third kappa shape index (κ3) is 2.08. The van der Waals surface area contributed by atoms with E-state index in [0.29, 0.717) is 0 Å². The maximum Gasteiger partial charge on any atom is 0.358 e. The molecular formula is C8H8F2N4O3. The summed E-state index contributed by atoms with van der Waals surface area (Å²) in [6.45, 7) is 0.178. The van der Waals surface area contributed by atoms with E-state index in [2.05, 4.69) is 10.3 Å². The molecule has 2 heterocycles. The first-order valence-electron chi connectivity index (χ1n) is 4.71. The van der Waals surface area contributed by atoms with E-state index in [9.17, 15) is 18.4 Å². The molecule has 0 unspecified atom stereocenters. The van der Waals surface area contributed by atoms with Crippen molar-refractivity contribution in [2.75, 3.05) is 13.1 Å². The fourth-order valence-electron chi connectivity index (χ4n) is 1.49. The van der Waals surface area contributed by atoms with Gasteiger partial charge in [0.1, 0.15) is 0 Å². The lowest BCUT2D eigenvalue weighted by Gasteiger charge is -2.38. The fourth-order valence-corrected chi connectivity index (χ4v) is 1.49. The molecule has 9 heteroatoms. The van der Waals surface area contributed by atoms with Gasteiger partial charge in [-0.05, 0) is 0 Å². The minimum Gasteiger partial charge on any atom is -0.476 e. The predicted octanol–water partition coefficient (Wildman–Crippen LogP) is -0.375. The molecule has 0 radical (unpaired) electrons. The van der Waals surface area contributed by atoms with Crippen molar-refractivity contribution in [3.05, 3.63) is 11.9 Å². The van der Waals surface area contributed by atoms with Crippen LogP contribution in [-0.2, 0) is 4.79 Å². The molecule has 0 aromatic carbocycles. The van der Waals surface area contributed by atoms with Gasteiger partial charge in [-0.3, -0.25) is 4.79 Å². The van der Waals surface area contributed by atoms with Gasteiger partial charge in [-0.25, -0.2) is 9.48 Å². The van der Waals surface area contributed by atoms with Gasteiger partial charge in [0.05, 0.1) is 12.2 Å². The van der Waals surface area contributed by atoms with Crippen molar-refractivity contribution in [3.63, 3.8) is 0 Å². The number of nitrogens with zero attached hydrogens (tertiary/aromatic N) is 4. The largest absolute Gasteiger partial charge is 0.476 e. The van der Waals surface area contributed by atoms with Gasteiger partial charge in [0.25, 0.3) is 5.91 Å². The summed E-state index contributed by atoms with van der Waals surface area (Å²) in [6, 6.07) is -0.293. The average molecular weight is 246 g/mol. The number of aromatic carboxylic acids is 1. The van der Waals surface area contributed by atoms with Gasteiger partial charge in [-0.2, -0.15) is 8.78 Å². The Kier molecular flexibility index (Phi) is 2.74. The summed E-state index contributed by atoms with van der Waals surface area (Å²) in [5.41, 5.74) is -0.219. The highest BCUT2D eigenvalue weighted by atomic mass is 19.3. The standard InChI is InChI=1S/C8H8F2N4O3/c9-6(10)7(15)13-1-4(2-13)14-3-5(8(16)17)11-12-14/h3-4,6H,1-2H2,(H,16,17). The molecule has 0 spiro atoms. The maximum absolute atomic E-state index is 12.0. The van der Waals surface area contributed by atoms with E-state index in [-0.39, 0.29) is 24.8 Å². The number of hydrogen-bond donors (Lipinski definition) is 1. The zero-order valence-corrected chi connectivity index (χ0v) is 8.45. The quantitative estimate of drug-likeness (QED) is 0.785. The number of likely N-dealkylation sites (tertiary alicyclic amines) is 1. The van der Waals surface area contributed by atoms with Crippen LogP contribution in [0.2, 0.25) is 0 Å². The van der Waals surface area contributed by atoms with E-state index in [0.717, 1.165) is 4.90 Å². The molecule has 17 heavy (non-hydrogen) atoms. The third-order valence-electron chi connectivity index (χ3n) is 2.46. The summed E-state index contributed by atoms with van der Waals surface area (Å²) in [5, 5.41) is 15.5. The second kappa shape index (κ2) is 4.07. The molecule has 1 aliphatic heterocycles. The predicted molar refractivity (Wildman–Crippen MR) is 48.6 cm³/mol. The number of rotatable bonds is 3. The first-order valence-corrected chi connectivity index (χ1v) is 4.71. The van der Waals surface area contributed by atoms with Gasteiger partial charge in [0, 0.05) is 13.1 Å². The molecule has 1 aromatic rings. The van der Waals surface area contributed by atoms with Crippen LogP contribution in [0, 0.1) is 0 Å². The molecule has 1 aliphatic rings. The van der Waals surface area contributed by atoms with Crippen LogP contribution in [0.4, 0.5) is 8.78 Å². The Morgan fingerprint density at radius 1 is 1.47 bits per heavy atom. The molecule has 7 nitrogen and oxygen atoms in total. The van der Waals surface area contributed by atoms with Crippen molar-refractivity contribution < 1.29 is 23.5 Å². The number of amides is 1. The summed E-state index contributed by atoms with van der Waals surface area (Å²) < 4.78 is 25.3. The highest BCUT2D eigenvalue weighted by Crippen LogP contribution is 2.21. The Bertz CT molecular complexity index is 455. The number of aromatic nitrogens is 3. The molecule has 0 aliphatic carbocycles. The number of halogens is 2. The van der Waals surface area contributed by atoms with Crippen molar-refractivity contribution >= 4 is 11.9 Å². The van der Waals surface area contributed by atoms with Crippen LogP contribution in [0.1, 0.15) is 16.5 Å². The minimum absolute atomic E-state index is 0.0889.